The zero-order valence-electron chi connectivity index (χ0n) is 13.3. The Hall–Kier alpha value is -2.30. The topological polar surface area (TPSA) is 78.6 Å². The molecule has 0 heterocycles. The number of esters is 2. The molecule has 22 heavy (non-hydrogen) atoms. The van der Waals surface area contributed by atoms with Crippen LogP contribution in [0.2, 0.25) is 0 Å². The maximum atomic E-state index is 12.2. The Balaban J connectivity index is 2.94. The van der Waals surface area contributed by atoms with Gasteiger partial charge in [0.25, 0.3) is 0 Å². The van der Waals surface area contributed by atoms with Gasteiger partial charge in [-0.25, -0.2) is 9.59 Å². The molecule has 0 radical (unpaired) electrons. The molecule has 0 aromatic heterocycles. The molecule has 5 nitrogen and oxygen atoms in total. The maximum Gasteiger partial charge on any atom is 0.347 e. The molecule has 0 bridgehead atoms. The summed E-state index contributed by atoms with van der Waals surface area (Å²) in [4.78, 5) is 24.1. The first-order chi connectivity index (χ1) is 10.5. The molecule has 1 aromatic carbocycles. The Morgan fingerprint density at radius 2 is 1.68 bits per heavy atom. The lowest BCUT2D eigenvalue weighted by Crippen LogP contribution is -2.25. The number of benzene rings is 1. The van der Waals surface area contributed by atoms with Gasteiger partial charge in [-0.3, -0.25) is 0 Å². The van der Waals surface area contributed by atoms with Gasteiger partial charge in [0, 0.05) is 5.70 Å². The third kappa shape index (κ3) is 4.62. The molecular weight excluding hydrogens is 282 g/mol. The van der Waals surface area contributed by atoms with E-state index in [-0.39, 0.29) is 23.8 Å². The van der Waals surface area contributed by atoms with Gasteiger partial charge in [0.1, 0.15) is 6.61 Å². The summed E-state index contributed by atoms with van der Waals surface area (Å²) < 4.78 is 9.86. The fourth-order valence-electron chi connectivity index (χ4n) is 2.15. The monoisotopic (exact) mass is 305 g/mol. The quantitative estimate of drug-likeness (QED) is 0.362. The Kier molecular flexibility index (Phi) is 7.16. The second kappa shape index (κ2) is 8.87. The predicted molar refractivity (Wildman–Crippen MR) is 83.5 cm³/mol. The normalized spacial score (nSPS) is 11.8. The Labute approximate surface area is 131 Å². The summed E-state index contributed by atoms with van der Waals surface area (Å²) in [6.07, 6.45) is 1.46. The van der Waals surface area contributed by atoms with Crippen LogP contribution < -0.4 is 5.73 Å². The predicted octanol–water partition coefficient (Wildman–Crippen LogP) is 2.55. The van der Waals surface area contributed by atoms with Crippen LogP contribution in [0, 0.1) is 5.92 Å². The fraction of sp³-hybridized carbons (Fsp3) is 0.412. The molecule has 2 N–H and O–H groups in total. The van der Waals surface area contributed by atoms with Crippen LogP contribution >= 0.6 is 0 Å². The van der Waals surface area contributed by atoms with Gasteiger partial charge in [0.2, 0.25) is 0 Å². The van der Waals surface area contributed by atoms with Gasteiger partial charge < -0.3 is 15.2 Å². The molecular formula is C17H23NO4. The smallest absolute Gasteiger partial charge is 0.347 e. The molecule has 1 aromatic rings. The average molecular weight is 305 g/mol. The highest BCUT2D eigenvalue weighted by molar-refractivity contribution is 6.14. The SMILES string of the molecule is CCC(CC)C(N)=C(C(=O)OC)C(=O)OCc1ccccc1. The molecule has 0 aliphatic heterocycles. The van der Waals surface area contributed by atoms with Crippen LogP contribution in [0.25, 0.3) is 0 Å². The van der Waals surface area contributed by atoms with Gasteiger partial charge in [-0.1, -0.05) is 44.2 Å². The van der Waals surface area contributed by atoms with E-state index in [0.29, 0.717) is 0 Å². The van der Waals surface area contributed by atoms with Crippen LogP contribution in [0.5, 0.6) is 0 Å². The molecule has 5 heteroatoms. The van der Waals surface area contributed by atoms with Crippen molar-refractivity contribution in [2.24, 2.45) is 11.7 Å². The van der Waals surface area contributed by atoms with Crippen molar-refractivity contribution in [1.29, 1.82) is 0 Å². The highest BCUT2D eigenvalue weighted by Crippen LogP contribution is 2.20. The number of hydrogen-bond acceptors (Lipinski definition) is 5. The zero-order valence-corrected chi connectivity index (χ0v) is 13.3. The third-order valence-electron chi connectivity index (χ3n) is 3.52. The zero-order chi connectivity index (χ0) is 16.5. The Bertz CT molecular complexity index is 533. The number of rotatable bonds is 7. The van der Waals surface area contributed by atoms with Crippen molar-refractivity contribution in [3.05, 3.63) is 47.2 Å². The molecule has 0 unspecified atom stereocenters. The second-order valence-electron chi connectivity index (χ2n) is 4.90. The van der Waals surface area contributed by atoms with Gasteiger partial charge in [-0.2, -0.15) is 0 Å². The minimum absolute atomic E-state index is 0.0571. The summed E-state index contributed by atoms with van der Waals surface area (Å²) in [7, 11) is 1.22. The van der Waals surface area contributed by atoms with Crippen molar-refractivity contribution >= 4 is 11.9 Å². The Morgan fingerprint density at radius 1 is 1.09 bits per heavy atom. The summed E-state index contributed by atoms with van der Waals surface area (Å²) in [6.45, 7) is 3.98. The van der Waals surface area contributed by atoms with E-state index in [2.05, 4.69) is 4.74 Å². The first-order valence-electron chi connectivity index (χ1n) is 7.34. The van der Waals surface area contributed by atoms with Crippen LogP contribution in [0.3, 0.4) is 0 Å². The largest absolute Gasteiger partial charge is 0.465 e. The molecule has 0 saturated carbocycles. The number of methoxy groups -OCH3 is 1. The first kappa shape index (κ1) is 17.8. The van der Waals surface area contributed by atoms with E-state index in [1.54, 1.807) is 0 Å². The minimum Gasteiger partial charge on any atom is -0.465 e. The van der Waals surface area contributed by atoms with Gasteiger partial charge in [-0.05, 0) is 24.3 Å². The van der Waals surface area contributed by atoms with Crippen LogP contribution in [-0.4, -0.2) is 19.0 Å². The molecule has 0 aliphatic carbocycles. The minimum atomic E-state index is -0.762. The number of nitrogens with two attached hydrogens (primary N) is 1. The molecule has 120 valence electrons. The van der Waals surface area contributed by atoms with E-state index >= 15 is 0 Å². The maximum absolute atomic E-state index is 12.2. The number of ether oxygens (including phenoxy) is 2. The van der Waals surface area contributed by atoms with Gasteiger partial charge >= 0.3 is 11.9 Å². The number of carbonyl (C=O) groups excluding carboxylic acids is 2. The highest BCUT2D eigenvalue weighted by atomic mass is 16.5. The average Bonchev–Trinajstić information content (AvgIpc) is 2.55. The molecule has 0 spiro atoms. The van der Waals surface area contributed by atoms with E-state index in [0.717, 1.165) is 18.4 Å². The Morgan fingerprint density at radius 3 is 2.18 bits per heavy atom. The van der Waals surface area contributed by atoms with Crippen molar-refractivity contribution in [3.8, 4) is 0 Å². The second-order valence-corrected chi connectivity index (χ2v) is 4.90. The van der Waals surface area contributed by atoms with E-state index in [1.807, 2.05) is 44.2 Å². The summed E-state index contributed by atoms with van der Waals surface area (Å²) >= 11 is 0. The standard InChI is InChI=1S/C17H23NO4/c1-4-13(5-2)15(18)14(16(19)21-3)17(20)22-11-12-9-7-6-8-10-12/h6-10,13H,4-5,11,18H2,1-3H3. The van der Waals surface area contributed by atoms with Crippen molar-refractivity contribution in [3.63, 3.8) is 0 Å². The fourth-order valence-corrected chi connectivity index (χ4v) is 2.15. The lowest BCUT2D eigenvalue weighted by atomic mass is 9.96. The van der Waals surface area contributed by atoms with Crippen molar-refractivity contribution < 1.29 is 19.1 Å². The van der Waals surface area contributed by atoms with Crippen molar-refractivity contribution in [2.75, 3.05) is 7.11 Å². The van der Waals surface area contributed by atoms with Gasteiger partial charge in [0.15, 0.2) is 5.57 Å². The van der Waals surface area contributed by atoms with Crippen molar-refractivity contribution in [1.82, 2.24) is 0 Å². The van der Waals surface area contributed by atoms with Crippen LogP contribution in [0.15, 0.2) is 41.6 Å². The van der Waals surface area contributed by atoms with Gasteiger partial charge in [-0.15, -0.1) is 0 Å². The highest BCUT2D eigenvalue weighted by Gasteiger charge is 2.27. The van der Waals surface area contributed by atoms with Gasteiger partial charge in [0.05, 0.1) is 7.11 Å². The third-order valence-corrected chi connectivity index (χ3v) is 3.52. The first-order valence-corrected chi connectivity index (χ1v) is 7.34. The molecule has 1 rings (SSSR count). The number of carbonyl (C=O) groups is 2. The molecule has 0 amide bonds. The lowest BCUT2D eigenvalue weighted by molar-refractivity contribution is -0.146. The number of allylic oxidation sites excluding steroid dienone is 1. The van der Waals surface area contributed by atoms with E-state index in [9.17, 15) is 9.59 Å². The van der Waals surface area contributed by atoms with Crippen molar-refractivity contribution in [2.45, 2.75) is 33.3 Å². The summed E-state index contributed by atoms with van der Waals surface area (Å²) in [5.74, 6) is -1.57. The van der Waals surface area contributed by atoms with E-state index in [1.165, 1.54) is 7.11 Å². The molecule has 0 aliphatic rings. The summed E-state index contributed by atoms with van der Waals surface area (Å²) in [6, 6.07) is 9.23. The van der Waals surface area contributed by atoms with Crippen LogP contribution in [0.1, 0.15) is 32.3 Å². The summed E-state index contributed by atoms with van der Waals surface area (Å²) in [5, 5.41) is 0. The summed E-state index contributed by atoms with van der Waals surface area (Å²) in [5.41, 5.74) is 6.87. The lowest BCUT2D eigenvalue weighted by Gasteiger charge is -2.16. The van der Waals surface area contributed by atoms with E-state index < -0.39 is 11.9 Å². The molecule has 0 saturated heterocycles. The van der Waals surface area contributed by atoms with Crippen LogP contribution in [-0.2, 0) is 25.7 Å². The number of hydrogen-bond donors (Lipinski definition) is 1. The molecule has 0 fully saturated rings. The molecule has 0 atom stereocenters. The van der Waals surface area contributed by atoms with E-state index in [4.69, 9.17) is 10.5 Å². The van der Waals surface area contributed by atoms with Crippen LogP contribution in [0.4, 0.5) is 0 Å².